The highest BCUT2D eigenvalue weighted by atomic mass is 16.5. The third kappa shape index (κ3) is 3.88. The average molecular weight is 369 g/mol. The van der Waals surface area contributed by atoms with E-state index < -0.39 is 5.97 Å². The Balaban J connectivity index is 1.57. The van der Waals surface area contributed by atoms with Crippen LogP contribution in [0.2, 0.25) is 0 Å². The van der Waals surface area contributed by atoms with Crippen LogP contribution in [-0.2, 0) is 16.0 Å². The van der Waals surface area contributed by atoms with Crippen LogP contribution in [0.1, 0.15) is 31.5 Å². The van der Waals surface area contributed by atoms with E-state index in [4.69, 9.17) is 24.2 Å². The van der Waals surface area contributed by atoms with Gasteiger partial charge in [-0.3, -0.25) is 4.79 Å². The van der Waals surface area contributed by atoms with Crippen LogP contribution in [0.4, 0.5) is 5.82 Å². The van der Waals surface area contributed by atoms with Gasteiger partial charge in [0.2, 0.25) is 0 Å². The van der Waals surface area contributed by atoms with Gasteiger partial charge in [0.05, 0.1) is 13.0 Å². The molecule has 3 aromatic rings. The number of rotatable bonds is 8. The molecule has 7 nitrogen and oxygen atoms in total. The van der Waals surface area contributed by atoms with Crippen LogP contribution >= 0.6 is 0 Å². The zero-order chi connectivity index (χ0) is 18.6. The summed E-state index contributed by atoms with van der Waals surface area (Å²) in [4.78, 5) is 22.3. The summed E-state index contributed by atoms with van der Waals surface area (Å²) in [7, 11) is 0. The molecule has 3 heterocycles. The number of aromatic nitrogens is 2. The van der Waals surface area contributed by atoms with E-state index in [1.54, 1.807) is 0 Å². The Morgan fingerprint density at radius 1 is 1.19 bits per heavy atom. The summed E-state index contributed by atoms with van der Waals surface area (Å²) in [6, 6.07) is 7.94. The molecule has 27 heavy (non-hydrogen) atoms. The lowest BCUT2D eigenvalue weighted by Gasteiger charge is -2.17. The molecule has 1 saturated heterocycles. The van der Waals surface area contributed by atoms with Crippen LogP contribution in [0.3, 0.4) is 0 Å². The van der Waals surface area contributed by atoms with Gasteiger partial charge in [-0.05, 0) is 31.4 Å². The van der Waals surface area contributed by atoms with E-state index in [1.165, 1.54) is 12.8 Å². The maximum atomic E-state index is 10.5. The molecule has 0 saturated carbocycles. The molecule has 142 valence electrons. The van der Waals surface area contributed by atoms with E-state index in [1.807, 2.05) is 24.3 Å². The van der Waals surface area contributed by atoms with Crippen LogP contribution in [0.15, 0.2) is 28.7 Å². The lowest BCUT2D eigenvalue weighted by atomic mass is 10.2. The average Bonchev–Trinajstić information content (AvgIpc) is 3.31. The van der Waals surface area contributed by atoms with Crippen molar-refractivity contribution in [2.45, 2.75) is 32.1 Å². The summed E-state index contributed by atoms with van der Waals surface area (Å²) in [5.41, 5.74) is 2.46. The Kier molecular flexibility index (Phi) is 5.20. The van der Waals surface area contributed by atoms with E-state index in [-0.39, 0.29) is 13.0 Å². The van der Waals surface area contributed by atoms with Crippen molar-refractivity contribution in [3.05, 3.63) is 30.1 Å². The Bertz CT molecular complexity index is 947. The number of hydrogen-bond acceptors (Lipinski definition) is 6. The number of aryl methyl sites for hydroxylation is 1. The quantitative estimate of drug-likeness (QED) is 0.609. The number of hydrogen-bond donors (Lipinski definition) is 1. The van der Waals surface area contributed by atoms with Gasteiger partial charge in [0.1, 0.15) is 16.9 Å². The molecule has 1 N–H and O–H groups in total. The minimum atomic E-state index is -0.842. The summed E-state index contributed by atoms with van der Waals surface area (Å²) in [5.74, 6) is 0.819. The molecule has 1 aliphatic heterocycles. The van der Waals surface area contributed by atoms with Gasteiger partial charge in [0.25, 0.3) is 0 Å². The van der Waals surface area contributed by atoms with Crippen LogP contribution in [0, 0.1) is 0 Å². The molecule has 0 aliphatic carbocycles. The fraction of sp³-hybridized carbons (Fsp3) is 0.450. The topological polar surface area (TPSA) is 88.7 Å². The first-order valence-electron chi connectivity index (χ1n) is 9.45. The standard InChI is InChI=1S/C20H23N3O4/c24-17(25)9-13-26-12-5-8-16-21-18-14-6-1-2-7-15(14)27-19(18)20(22-16)23-10-3-4-11-23/h1-2,6-7H,3-5,8-13H2,(H,24,25). The minimum absolute atomic E-state index is 0.0303. The highest BCUT2D eigenvalue weighted by Gasteiger charge is 2.22. The Labute approximate surface area is 157 Å². The number of ether oxygens (including phenoxy) is 1. The molecular weight excluding hydrogens is 346 g/mol. The number of fused-ring (bicyclic) bond motifs is 3. The number of carbonyl (C=O) groups is 1. The zero-order valence-electron chi connectivity index (χ0n) is 15.2. The molecule has 0 spiro atoms. The molecule has 0 radical (unpaired) electrons. The number of furan rings is 1. The number of carboxylic acids is 1. The molecule has 0 unspecified atom stereocenters. The number of benzene rings is 1. The van der Waals surface area contributed by atoms with E-state index in [9.17, 15) is 4.79 Å². The third-order valence-corrected chi connectivity index (χ3v) is 4.80. The molecule has 0 amide bonds. The van der Waals surface area contributed by atoms with Gasteiger partial charge in [-0.25, -0.2) is 9.97 Å². The fourth-order valence-corrected chi connectivity index (χ4v) is 3.47. The molecule has 1 aliphatic rings. The predicted molar refractivity (Wildman–Crippen MR) is 102 cm³/mol. The van der Waals surface area contributed by atoms with Crippen LogP contribution < -0.4 is 4.90 Å². The van der Waals surface area contributed by atoms with Crippen molar-refractivity contribution in [1.29, 1.82) is 0 Å². The molecular formula is C20H23N3O4. The fourth-order valence-electron chi connectivity index (χ4n) is 3.47. The number of anilines is 1. The van der Waals surface area contributed by atoms with Crippen LogP contribution in [0.5, 0.6) is 0 Å². The monoisotopic (exact) mass is 369 g/mol. The van der Waals surface area contributed by atoms with Crippen molar-refractivity contribution in [2.24, 2.45) is 0 Å². The van der Waals surface area contributed by atoms with Crippen LogP contribution in [-0.4, -0.2) is 47.3 Å². The van der Waals surface area contributed by atoms with E-state index in [0.29, 0.717) is 13.0 Å². The van der Waals surface area contributed by atoms with Gasteiger partial charge >= 0.3 is 5.97 Å². The smallest absolute Gasteiger partial charge is 0.305 e. The summed E-state index contributed by atoms with van der Waals surface area (Å²) >= 11 is 0. The largest absolute Gasteiger partial charge is 0.481 e. The summed E-state index contributed by atoms with van der Waals surface area (Å²) in [6.07, 6.45) is 3.79. The molecule has 2 aromatic heterocycles. The third-order valence-electron chi connectivity index (χ3n) is 4.80. The van der Waals surface area contributed by atoms with Crippen molar-refractivity contribution < 1.29 is 19.1 Å². The normalized spacial score (nSPS) is 14.4. The van der Waals surface area contributed by atoms with Gasteiger partial charge in [-0.1, -0.05) is 12.1 Å². The second kappa shape index (κ2) is 7.92. The maximum absolute atomic E-state index is 10.5. The Morgan fingerprint density at radius 2 is 2.00 bits per heavy atom. The van der Waals surface area contributed by atoms with Crippen LogP contribution in [0.25, 0.3) is 22.1 Å². The Morgan fingerprint density at radius 3 is 2.81 bits per heavy atom. The number of para-hydroxylation sites is 1. The molecule has 7 heteroatoms. The van der Waals surface area contributed by atoms with E-state index in [2.05, 4.69) is 4.90 Å². The maximum Gasteiger partial charge on any atom is 0.305 e. The lowest BCUT2D eigenvalue weighted by Crippen LogP contribution is -2.20. The SMILES string of the molecule is O=C(O)CCOCCCc1nc(N2CCCC2)c2oc3ccccc3c2n1. The van der Waals surface area contributed by atoms with Gasteiger partial charge < -0.3 is 19.2 Å². The predicted octanol–water partition coefficient (Wildman–Crippen LogP) is 3.40. The van der Waals surface area contributed by atoms with Gasteiger partial charge in [-0.15, -0.1) is 0 Å². The van der Waals surface area contributed by atoms with Crippen molar-refractivity contribution in [2.75, 3.05) is 31.2 Å². The molecule has 0 atom stereocenters. The first kappa shape index (κ1) is 17.7. The molecule has 4 rings (SSSR count). The van der Waals surface area contributed by atoms with Crippen molar-refractivity contribution in [1.82, 2.24) is 9.97 Å². The second-order valence-corrected chi connectivity index (χ2v) is 6.79. The highest BCUT2D eigenvalue weighted by molar-refractivity contribution is 6.05. The van der Waals surface area contributed by atoms with E-state index in [0.717, 1.165) is 53.2 Å². The second-order valence-electron chi connectivity index (χ2n) is 6.79. The Hall–Kier alpha value is -2.67. The molecule has 0 bridgehead atoms. The number of nitrogens with zero attached hydrogens (tertiary/aromatic N) is 3. The first-order chi connectivity index (χ1) is 13.2. The highest BCUT2D eigenvalue weighted by Crippen LogP contribution is 2.34. The van der Waals surface area contributed by atoms with Crippen molar-refractivity contribution in [3.63, 3.8) is 0 Å². The molecule has 1 fully saturated rings. The number of carboxylic acid groups (broad SMARTS) is 1. The summed E-state index contributed by atoms with van der Waals surface area (Å²) < 4.78 is 11.5. The summed E-state index contributed by atoms with van der Waals surface area (Å²) in [5, 5.41) is 9.64. The summed E-state index contributed by atoms with van der Waals surface area (Å²) in [6.45, 7) is 2.71. The number of aliphatic carboxylic acids is 1. The first-order valence-corrected chi connectivity index (χ1v) is 9.45. The molecule has 1 aromatic carbocycles. The minimum Gasteiger partial charge on any atom is -0.481 e. The van der Waals surface area contributed by atoms with Crippen molar-refractivity contribution in [3.8, 4) is 0 Å². The van der Waals surface area contributed by atoms with Crippen molar-refractivity contribution >= 4 is 33.9 Å². The van der Waals surface area contributed by atoms with Gasteiger partial charge in [0, 0.05) is 31.5 Å². The van der Waals surface area contributed by atoms with Gasteiger partial charge in [0.15, 0.2) is 11.4 Å². The van der Waals surface area contributed by atoms with E-state index >= 15 is 0 Å². The zero-order valence-corrected chi connectivity index (χ0v) is 15.2. The van der Waals surface area contributed by atoms with Gasteiger partial charge in [-0.2, -0.15) is 0 Å². The lowest BCUT2D eigenvalue weighted by molar-refractivity contribution is -0.138.